The summed E-state index contributed by atoms with van der Waals surface area (Å²) in [5, 5.41) is 13.9. The van der Waals surface area contributed by atoms with Gasteiger partial charge in [-0.15, -0.1) is 5.10 Å². The molecule has 1 aromatic heterocycles. The zero-order valence-corrected chi connectivity index (χ0v) is 8.93. The largest absolute Gasteiger partial charge is 0.291 e. The van der Waals surface area contributed by atoms with Crippen LogP contribution in [0, 0.1) is 0 Å². The van der Waals surface area contributed by atoms with E-state index in [1.165, 1.54) is 11.1 Å². The van der Waals surface area contributed by atoms with Gasteiger partial charge in [0.05, 0.1) is 6.54 Å². The minimum absolute atomic E-state index is 0.793. The van der Waals surface area contributed by atoms with Crippen LogP contribution in [-0.4, -0.2) is 32.1 Å². The van der Waals surface area contributed by atoms with E-state index >= 15 is 0 Å². The number of rotatable bonds is 2. The summed E-state index contributed by atoms with van der Waals surface area (Å²) in [7, 11) is 0. The highest BCUT2D eigenvalue weighted by Gasteiger charge is 2.16. The Balaban J connectivity index is 1.73. The van der Waals surface area contributed by atoms with Crippen LogP contribution in [0.15, 0.2) is 24.3 Å². The van der Waals surface area contributed by atoms with E-state index in [1.54, 1.807) is 0 Å². The summed E-state index contributed by atoms with van der Waals surface area (Å²) in [5.41, 5.74) is 2.88. The predicted molar refractivity (Wildman–Crippen MR) is 58.4 cm³/mol. The van der Waals surface area contributed by atoms with Crippen molar-refractivity contribution in [3.63, 3.8) is 0 Å². The Morgan fingerprint density at radius 1 is 1.25 bits per heavy atom. The van der Waals surface area contributed by atoms with Crippen molar-refractivity contribution in [3.8, 4) is 0 Å². The van der Waals surface area contributed by atoms with Gasteiger partial charge in [0.2, 0.25) is 0 Å². The van der Waals surface area contributed by atoms with Gasteiger partial charge >= 0.3 is 0 Å². The van der Waals surface area contributed by atoms with E-state index in [0.29, 0.717) is 0 Å². The lowest BCUT2D eigenvalue weighted by Gasteiger charge is -2.27. The Morgan fingerprint density at radius 2 is 2.12 bits per heavy atom. The van der Waals surface area contributed by atoms with Gasteiger partial charge in [-0.1, -0.05) is 24.3 Å². The number of H-pyrrole nitrogens is 1. The second-order valence-corrected chi connectivity index (χ2v) is 4.08. The molecule has 0 fully saturated rings. The van der Waals surface area contributed by atoms with Crippen molar-refractivity contribution in [2.45, 2.75) is 19.5 Å². The lowest BCUT2D eigenvalue weighted by atomic mass is 10.00. The molecular weight excluding hydrogens is 202 g/mol. The second kappa shape index (κ2) is 4.02. The molecular formula is C11H13N5. The molecule has 0 radical (unpaired) electrons. The van der Waals surface area contributed by atoms with Gasteiger partial charge in [0.1, 0.15) is 0 Å². The van der Waals surface area contributed by atoms with Gasteiger partial charge in [0.25, 0.3) is 0 Å². The van der Waals surface area contributed by atoms with Crippen molar-refractivity contribution < 1.29 is 0 Å². The fourth-order valence-corrected chi connectivity index (χ4v) is 2.15. The maximum atomic E-state index is 3.91. The molecule has 5 nitrogen and oxygen atoms in total. The van der Waals surface area contributed by atoms with Crippen LogP contribution in [0.1, 0.15) is 17.0 Å². The average Bonchev–Trinajstić information content (AvgIpc) is 2.82. The van der Waals surface area contributed by atoms with Crippen LogP contribution in [0.4, 0.5) is 0 Å². The van der Waals surface area contributed by atoms with Gasteiger partial charge in [0, 0.05) is 13.1 Å². The molecule has 0 aliphatic carbocycles. The zero-order chi connectivity index (χ0) is 10.8. The molecule has 0 saturated heterocycles. The van der Waals surface area contributed by atoms with Crippen molar-refractivity contribution in [1.82, 2.24) is 25.5 Å². The van der Waals surface area contributed by atoms with Gasteiger partial charge in [0.15, 0.2) is 5.82 Å². The molecule has 1 aromatic carbocycles. The molecule has 5 heteroatoms. The summed E-state index contributed by atoms with van der Waals surface area (Å²) in [6.07, 6.45) is 1.11. The maximum absolute atomic E-state index is 3.91. The highest BCUT2D eigenvalue weighted by atomic mass is 15.5. The lowest BCUT2D eigenvalue weighted by molar-refractivity contribution is 0.239. The molecule has 0 unspecified atom stereocenters. The Bertz CT molecular complexity index is 465. The fourth-order valence-electron chi connectivity index (χ4n) is 2.15. The molecule has 2 heterocycles. The highest BCUT2D eigenvalue weighted by Crippen LogP contribution is 2.19. The van der Waals surface area contributed by atoms with Crippen molar-refractivity contribution in [1.29, 1.82) is 0 Å². The molecule has 0 bridgehead atoms. The van der Waals surface area contributed by atoms with Gasteiger partial charge in [-0.05, 0) is 28.0 Å². The fraction of sp³-hybridized carbons (Fsp3) is 0.364. The minimum atomic E-state index is 0.793. The number of hydrogen-bond acceptors (Lipinski definition) is 4. The van der Waals surface area contributed by atoms with Crippen LogP contribution >= 0.6 is 0 Å². The zero-order valence-electron chi connectivity index (χ0n) is 8.93. The summed E-state index contributed by atoms with van der Waals surface area (Å²) >= 11 is 0. The van der Waals surface area contributed by atoms with Crippen LogP contribution in [-0.2, 0) is 19.5 Å². The van der Waals surface area contributed by atoms with Crippen molar-refractivity contribution in [2.75, 3.05) is 6.54 Å². The number of aromatic nitrogens is 4. The van der Waals surface area contributed by atoms with E-state index in [4.69, 9.17) is 0 Å². The number of fused-ring (bicyclic) bond motifs is 1. The van der Waals surface area contributed by atoms with E-state index in [0.717, 1.165) is 31.9 Å². The molecule has 1 N–H and O–H groups in total. The monoisotopic (exact) mass is 215 g/mol. The Morgan fingerprint density at radius 3 is 2.94 bits per heavy atom. The Hall–Kier alpha value is -1.75. The first-order valence-corrected chi connectivity index (χ1v) is 5.43. The molecule has 1 aliphatic heterocycles. The van der Waals surface area contributed by atoms with E-state index in [9.17, 15) is 0 Å². The number of aromatic amines is 1. The van der Waals surface area contributed by atoms with E-state index < -0.39 is 0 Å². The number of nitrogens with one attached hydrogen (secondary N) is 1. The van der Waals surface area contributed by atoms with Crippen molar-refractivity contribution in [3.05, 3.63) is 41.2 Å². The smallest absolute Gasteiger partial charge is 0.162 e. The summed E-state index contributed by atoms with van der Waals surface area (Å²) in [6.45, 7) is 2.84. The topological polar surface area (TPSA) is 57.7 Å². The van der Waals surface area contributed by atoms with E-state index in [-0.39, 0.29) is 0 Å². The minimum Gasteiger partial charge on any atom is -0.291 e. The molecule has 1 aliphatic rings. The van der Waals surface area contributed by atoms with E-state index in [2.05, 4.69) is 49.8 Å². The van der Waals surface area contributed by atoms with Crippen molar-refractivity contribution >= 4 is 0 Å². The quantitative estimate of drug-likeness (QED) is 0.803. The molecule has 82 valence electrons. The maximum Gasteiger partial charge on any atom is 0.162 e. The second-order valence-electron chi connectivity index (χ2n) is 4.08. The van der Waals surface area contributed by atoms with Crippen LogP contribution in [0.3, 0.4) is 0 Å². The van der Waals surface area contributed by atoms with E-state index in [1.807, 2.05) is 0 Å². The van der Waals surface area contributed by atoms with Crippen molar-refractivity contribution in [2.24, 2.45) is 0 Å². The molecule has 16 heavy (non-hydrogen) atoms. The molecule has 0 spiro atoms. The highest BCUT2D eigenvalue weighted by molar-refractivity contribution is 5.29. The number of tetrazole rings is 1. The van der Waals surface area contributed by atoms with Gasteiger partial charge in [-0.2, -0.15) is 0 Å². The first-order chi connectivity index (χ1) is 7.92. The molecule has 0 amide bonds. The third-order valence-electron chi connectivity index (χ3n) is 2.97. The Kier molecular flexibility index (Phi) is 2.38. The standard InChI is InChI=1S/C11H13N5/c1-2-4-10-7-16(6-5-9(10)3-1)8-11-12-14-15-13-11/h1-4H,5-8H2,(H,12,13,14,15). The van der Waals surface area contributed by atoms with Crippen LogP contribution in [0.2, 0.25) is 0 Å². The number of hydrogen-bond donors (Lipinski definition) is 1. The van der Waals surface area contributed by atoms with Gasteiger partial charge in [-0.25, -0.2) is 5.10 Å². The van der Waals surface area contributed by atoms with Crippen LogP contribution in [0.25, 0.3) is 0 Å². The SMILES string of the molecule is c1ccc2c(c1)CCN(Cc1nnn[nH]1)C2. The number of benzene rings is 1. The molecule has 3 rings (SSSR count). The van der Waals surface area contributed by atoms with Gasteiger partial charge in [-0.3, -0.25) is 4.90 Å². The average molecular weight is 215 g/mol. The summed E-state index contributed by atoms with van der Waals surface area (Å²) in [5.74, 6) is 0.833. The predicted octanol–water partition coefficient (Wildman–Crippen LogP) is 0.758. The summed E-state index contributed by atoms with van der Waals surface area (Å²) < 4.78 is 0. The third-order valence-corrected chi connectivity index (χ3v) is 2.97. The Labute approximate surface area is 93.5 Å². The summed E-state index contributed by atoms with van der Waals surface area (Å²) in [6, 6.07) is 8.61. The van der Waals surface area contributed by atoms with Crippen LogP contribution in [0.5, 0.6) is 0 Å². The first kappa shape index (κ1) is 9.47. The normalized spacial score (nSPS) is 16.0. The first-order valence-electron chi connectivity index (χ1n) is 5.43. The third kappa shape index (κ3) is 1.81. The molecule has 0 saturated carbocycles. The lowest BCUT2D eigenvalue weighted by Crippen LogP contribution is -2.30. The number of nitrogens with zero attached hydrogens (tertiary/aromatic N) is 4. The van der Waals surface area contributed by atoms with Gasteiger partial charge < -0.3 is 0 Å². The molecule has 0 atom stereocenters. The molecule has 2 aromatic rings. The van der Waals surface area contributed by atoms with Crippen LogP contribution < -0.4 is 0 Å². The summed E-state index contributed by atoms with van der Waals surface area (Å²) in [4.78, 5) is 2.35.